The number of rotatable bonds is 6. The van der Waals surface area contributed by atoms with Gasteiger partial charge in [-0.2, -0.15) is 4.98 Å². The van der Waals surface area contributed by atoms with Crippen LogP contribution in [0.4, 0.5) is 27.5 Å². The summed E-state index contributed by atoms with van der Waals surface area (Å²) in [5, 5.41) is 6.32. The zero-order valence-corrected chi connectivity index (χ0v) is 24.2. The number of amides is 2. The van der Waals surface area contributed by atoms with Crippen molar-refractivity contribution >= 4 is 35.0 Å². The van der Waals surface area contributed by atoms with Crippen molar-refractivity contribution in [2.24, 2.45) is 0 Å². The van der Waals surface area contributed by atoms with Gasteiger partial charge < -0.3 is 30.1 Å². The van der Waals surface area contributed by atoms with E-state index in [1.165, 1.54) is 32.2 Å². The van der Waals surface area contributed by atoms with E-state index in [4.69, 9.17) is 9.72 Å². The molecule has 3 aliphatic rings. The second-order valence-electron chi connectivity index (χ2n) is 11.1. The maximum Gasteiger partial charge on any atom is 0.279 e. The van der Waals surface area contributed by atoms with E-state index >= 15 is 4.39 Å². The Kier molecular flexibility index (Phi) is 8.31. The molecule has 11 heteroatoms. The molecule has 1 saturated heterocycles. The summed E-state index contributed by atoms with van der Waals surface area (Å²) in [4.78, 5) is 40.7. The SMILES string of the molecule is CC#C[C@@]1(F)CN(C2CCCC2)c2nc(Nc3ccc(C(=O)NC4CCN(C)CC4)cc3OC)ncc2N(C)C1=O. The highest BCUT2D eigenvalue weighted by Gasteiger charge is 2.47. The molecule has 10 nitrogen and oxygen atoms in total. The van der Waals surface area contributed by atoms with Crippen molar-refractivity contribution in [1.82, 2.24) is 20.2 Å². The number of hydrogen-bond acceptors (Lipinski definition) is 8. The summed E-state index contributed by atoms with van der Waals surface area (Å²) in [5.74, 6) is 5.45. The summed E-state index contributed by atoms with van der Waals surface area (Å²) in [5.41, 5.74) is -0.852. The highest BCUT2D eigenvalue weighted by atomic mass is 19.1. The zero-order valence-electron chi connectivity index (χ0n) is 24.2. The van der Waals surface area contributed by atoms with Crippen LogP contribution < -0.4 is 25.2 Å². The molecule has 0 unspecified atom stereocenters. The van der Waals surface area contributed by atoms with E-state index in [9.17, 15) is 9.59 Å². The van der Waals surface area contributed by atoms with Gasteiger partial charge >= 0.3 is 0 Å². The first-order valence-corrected chi connectivity index (χ1v) is 14.2. The van der Waals surface area contributed by atoms with Crippen LogP contribution in [0.1, 0.15) is 55.8 Å². The third-order valence-electron chi connectivity index (χ3n) is 8.27. The molecule has 2 fully saturated rings. The first-order chi connectivity index (χ1) is 19.7. The number of ether oxygens (including phenoxy) is 1. The average molecular weight is 564 g/mol. The lowest BCUT2D eigenvalue weighted by Crippen LogP contribution is -2.50. The minimum Gasteiger partial charge on any atom is -0.495 e. The number of anilines is 4. The Balaban J connectivity index is 1.41. The van der Waals surface area contributed by atoms with Gasteiger partial charge in [0, 0.05) is 24.7 Å². The highest BCUT2D eigenvalue weighted by Crippen LogP contribution is 2.39. The number of benzene rings is 1. The minimum atomic E-state index is -2.35. The predicted molar refractivity (Wildman–Crippen MR) is 157 cm³/mol. The number of carbonyl (C=O) groups excluding carboxylic acids is 2. The number of methoxy groups -OCH3 is 1. The molecular formula is C30H38FN7O3. The maximum absolute atomic E-state index is 16.0. The first-order valence-electron chi connectivity index (χ1n) is 14.2. The van der Waals surface area contributed by atoms with Crippen molar-refractivity contribution in [1.29, 1.82) is 0 Å². The van der Waals surface area contributed by atoms with E-state index in [-0.39, 0.29) is 30.5 Å². The topological polar surface area (TPSA) is 103 Å². The summed E-state index contributed by atoms with van der Waals surface area (Å²) in [6, 6.07) is 5.37. The van der Waals surface area contributed by atoms with Gasteiger partial charge in [0.15, 0.2) is 5.82 Å². The molecule has 0 bridgehead atoms. The molecule has 218 valence electrons. The van der Waals surface area contributed by atoms with Gasteiger partial charge in [0.05, 0.1) is 25.5 Å². The van der Waals surface area contributed by atoms with Crippen LogP contribution >= 0.6 is 0 Å². The fourth-order valence-corrected chi connectivity index (χ4v) is 5.91. The Bertz CT molecular complexity index is 1360. The Morgan fingerprint density at radius 1 is 1.17 bits per heavy atom. The predicted octanol–water partition coefficient (Wildman–Crippen LogP) is 3.51. The largest absolute Gasteiger partial charge is 0.495 e. The summed E-state index contributed by atoms with van der Waals surface area (Å²) >= 11 is 0. The Labute approximate surface area is 240 Å². The molecule has 1 aromatic heterocycles. The molecule has 2 amide bonds. The molecule has 2 aromatic rings. The number of hydrogen-bond donors (Lipinski definition) is 2. The number of fused-ring (bicyclic) bond motifs is 1. The van der Waals surface area contributed by atoms with Gasteiger partial charge in [-0.3, -0.25) is 9.59 Å². The number of aromatic nitrogens is 2. The van der Waals surface area contributed by atoms with Crippen LogP contribution in [-0.4, -0.2) is 85.3 Å². The number of alkyl halides is 1. The van der Waals surface area contributed by atoms with Crippen molar-refractivity contribution in [2.45, 2.75) is 63.2 Å². The lowest BCUT2D eigenvalue weighted by molar-refractivity contribution is -0.125. The maximum atomic E-state index is 16.0. The van der Waals surface area contributed by atoms with Crippen LogP contribution in [0.15, 0.2) is 24.4 Å². The fraction of sp³-hybridized carbons (Fsp3) is 0.533. The number of likely N-dealkylation sites (tertiary alicyclic amines) is 1. The van der Waals surface area contributed by atoms with Gasteiger partial charge in [-0.05, 0) is 70.9 Å². The third-order valence-corrected chi connectivity index (χ3v) is 8.27. The third kappa shape index (κ3) is 5.93. The van der Waals surface area contributed by atoms with E-state index < -0.39 is 11.6 Å². The van der Waals surface area contributed by atoms with Crippen LogP contribution in [-0.2, 0) is 4.79 Å². The van der Waals surface area contributed by atoms with Gasteiger partial charge in [-0.25, -0.2) is 9.37 Å². The molecule has 1 saturated carbocycles. The number of nitrogens with one attached hydrogen (secondary N) is 2. The van der Waals surface area contributed by atoms with Gasteiger partial charge in [-0.15, -0.1) is 5.92 Å². The molecule has 5 rings (SSSR count). The number of halogens is 1. The van der Waals surface area contributed by atoms with Gasteiger partial charge in [-0.1, -0.05) is 18.8 Å². The molecule has 1 aliphatic carbocycles. The van der Waals surface area contributed by atoms with Crippen LogP contribution in [0.3, 0.4) is 0 Å². The molecule has 2 aliphatic heterocycles. The second kappa shape index (κ2) is 11.9. The smallest absolute Gasteiger partial charge is 0.279 e. The van der Waals surface area contributed by atoms with Crippen molar-refractivity contribution < 1.29 is 18.7 Å². The van der Waals surface area contributed by atoms with Gasteiger partial charge in [0.1, 0.15) is 11.4 Å². The van der Waals surface area contributed by atoms with E-state index in [1.54, 1.807) is 18.2 Å². The molecule has 3 heterocycles. The monoisotopic (exact) mass is 563 g/mol. The molecule has 1 aromatic carbocycles. The highest BCUT2D eigenvalue weighted by molar-refractivity contribution is 6.05. The van der Waals surface area contributed by atoms with E-state index in [1.807, 2.05) is 4.90 Å². The Morgan fingerprint density at radius 3 is 2.59 bits per heavy atom. The zero-order chi connectivity index (χ0) is 29.1. The lowest BCUT2D eigenvalue weighted by atomic mass is 10.0. The Morgan fingerprint density at radius 2 is 1.90 bits per heavy atom. The summed E-state index contributed by atoms with van der Waals surface area (Å²) in [7, 11) is 5.15. The number of piperidine rings is 1. The van der Waals surface area contributed by atoms with Crippen molar-refractivity contribution in [3.63, 3.8) is 0 Å². The molecule has 2 N–H and O–H groups in total. The summed E-state index contributed by atoms with van der Waals surface area (Å²) < 4.78 is 21.6. The molecular weight excluding hydrogens is 525 g/mol. The molecule has 41 heavy (non-hydrogen) atoms. The van der Waals surface area contributed by atoms with Crippen LogP contribution in [0.5, 0.6) is 5.75 Å². The fourth-order valence-electron chi connectivity index (χ4n) is 5.91. The molecule has 0 spiro atoms. The normalized spacial score (nSPS) is 22.0. The number of nitrogens with zero attached hydrogens (tertiary/aromatic N) is 5. The lowest BCUT2D eigenvalue weighted by Gasteiger charge is -2.32. The van der Waals surface area contributed by atoms with Crippen molar-refractivity contribution in [3.8, 4) is 17.6 Å². The van der Waals surface area contributed by atoms with Crippen LogP contribution in [0, 0.1) is 11.8 Å². The second-order valence-corrected chi connectivity index (χ2v) is 11.1. The van der Waals surface area contributed by atoms with Gasteiger partial charge in [0.25, 0.3) is 17.5 Å². The van der Waals surface area contributed by atoms with Crippen molar-refractivity contribution in [2.75, 3.05) is 56.0 Å². The standard InChI is InChI=1S/C30H38FN7O3/c1-5-14-30(31)19-38(22-8-6-7-9-22)26-24(37(3)28(30)40)18-32-29(35-26)34-23-11-10-20(17-25(23)41-4)27(39)33-21-12-15-36(2)16-13-21/h10-11,17-18,21-22H,6-9,12-13,15-16,19H2,1-4H3,(H,33,39)(H,32,34,35)/t30-/m1/s1. The molecule has 0 radical (unpaired) electrons. The van der Waals surface area contributed by atoms with Crippen LogP contribution in [0.25, 0.3) is 0 Å². The minimum absolute atomic E-state index is 0.0430. The van der Waals surface area contributed by atoms with E-state index in [0.717, 1.165) is 51.6 Å². The number of carbonyl (C=O) groups is 2. The van der Waals surface area contributed by atoms with Crippen LogP contribution in [0.2, 0.25) is 0 Å². The molecule has 1 atom stereocenters. The van der Waals surface area contributed by atoms with E-state index in [0.29, 0.717) is 28.5 Å². The van der Waals surface area contributed by atoms with Gasteiger partial charge in [0.2, 0.25) is 5.95 Å². The average Bonchev–Trinajstić information content (AvgIpc) is 3.49. The Hall–Kier alpha value is -3.91. The summed E-state index contributed by atoms with van der Waals surface area (Å²) in [6.07, 6.45) is 7.20. The van der Waals surface area contributed by atoms with E-state index in [2.05, 4.69) is 39.4 Å². The van der Waals surface area contributed by atoms with Crippen molar-refractivity contribution in [3.05, 3.63) is 30.0 Å². The quantitative estimate of drug-likeness (QED) is 0.515. The summed E-state index contributed by atoms with van der Waals surface area (Å²) in [6.45, 7) is 3.25. The first kappa shape index (κ1) is 28.6.